The summed E-state index contributed by atoms with van der Waals surface area (Å²) < 4.78 is 38.6. The first-order chi connectivity index (χ1) is 10.8. The molecule has 0 spiro atoms. The molecule has 1 aromatic heterocycles. The predicted octanol–water partition coefficient (Wildman–Crippen LogP) is 4.20. The lowest BCUT2D eigenvalue weighted by molar-refractivity contribution is -0.144. The normalized spacial score (nSPS) is 17.9. The minimum atomic E-state index is -4.39. The van der Waals surface area contributed by atoms with Crippen LogP contribution in [-0.2, 0) is 30.5 Å². The van der Waals surface area contributed by atoms with Crippen molar-refractivity contribution < 1.29 is 23.1 Å². The van der Waals surface area contributed by atoms with Crippen molar-refractivity contribution in [3.8, 4) is 0 Å². The molecule has 0 saturated heterocycles. The molecule has 3 nitrogen and oxygen atoms in total. The van der Waals surface area contributed by atoms with Gasteiger partial charge in [-0.1, -0.05) is 12.1 Å². The number of alkyl halides is 3. The highest BCUT2D eigenvalue weighted by atomic mass is 35.5. The van der Waals surface area contributed by atoms with Gasteiger partial charge >= 0.3 is 12.1 Å². The second-order valence-corrected chi connectivity index (χ2v) is 6.56. The Morgan fingerprint density at radius 3 is 2.62 bits per heavy atom. The van der Waals surface area contributed by atoms with Crippen LogP contribution < -0.4 is 0 Å². The molecule has 0 radical (unpaired) electrons. The van der Waals surface area contributed by atoms with Crippen LogP contribution in [0.5, 0.6) is 0 Å². The smallest absolute Gasteiger partial charge is 0.416 e. The number of halogens is 4. The fourth-order valence-corrected chi connectivity index (χ4v) is 3.56. The van der Waals surface area contributed by atoms with Gasteiger partial charge in [0.2, 0.25) is 0 Å². The predicted molar refractivity (Wildman–Crippen MR) is 87.4 cm³/mol. The molecular weight excluding hydrogens is 363 g/mol. The number of carboxylic acids is 1. The lowest BCUT2D eigenvalue weighted by Crippen LogP contribution is -2.45. The van der Waals surface area contributed by atoms with Gasteiger partial charge in [-0.15, -0.1) is 23.7 Å². The number of rotatable bonds is 3. The van der Waals surface area contributed by atoms with Crippen molar-refractivity contribution in [2.24, 2.45) is 0 Å². The topological polar surface area (TPSA) is 40.5 Å². The standard InChI is InChI=1S/C16H14F3NO2S.ClH/c17-16(18,19)12-4-3-10-7-14(15(21)22)20(8-11(10)6-12)9-13-2-1-5-23-13;/h1-6,14H,7-9H2,(H,21,22);1H. The summed E-state index contributed by atoms with van der Waals surface area (Å²) >= 11 is 1.50. The van der Waals surface area contributed by atoms with E-state index in [2.05, 4.69) is 0 Å². The van der Waals surface area contributed by atoms with Crippen LogP contribution in [0.2, 0.25) is 0 Å². The van der Waals surface area contributed by atoms with Crippen LogP contribution >= 0.6 is 23.7 Å². The number of hydrogen-bond acceptors (Lipinski definition) is 3. The van der Waals surface area contributed by atoms with Gasteiger partial charge in [0.05, 0.1) is 5.56 Å². The molecule has 130 valence electrons. The van der Waals surface area contributed by atoms with Crippen molar-refractivity contribution in [3.63, 3.8) is 0 Å². The van der Waals surface area contributed by atoms with Crippen LogP contribution in [0.3, 0.4) is 0 Å². The largest absolute Gasteiger partial charge is 0.480 e. The monoisotopic (exact) mass is 377 g/mol. The van der Waals surface area contributed by atoms with E-state index in [1.54, 1.807) is 4.90 Å². The maximum Gasteiger partial charge on any atom is 0.416 e. The van der Waals surface area contributed by atoms with E-state index < -0.39 is 23.8 Å². The van der Waals surface area contributed by atoms with Crippen molar-refractivity contribution in [2.45, 2.75) is 31.7 Å². The second-order valence-electron chi connectivity index (χ2n) is 5.52. The van der Waals surface area contributed by atoms with Gasteiger partial charge < -0.3 is 5.11 Å². The van der Waals surface area contributed by atoms with Gasteiger partial charge in [0, 0.05) is 18.0 Å². The third-order valence-corrected chi connectivity index (χ3v) is 4.85. The van der Waals surface area contributed by atoms with E-state index >= 15 is 0 Å². The van der Waals surface area contributed by atoms with Crippen molar-refractivity contribution >= 4 is 29.7 Å². The van der Waals surface area contributed by atoms with Gasteiger partial charge in [0.15, 0.2) is 0 Å². The highest BCUT2D eigenvalue weighted by Gasteiger charge is 2.35. The lowest BCUT2D eigenvalue weighted by atomic mass is 9.92. The molecule has 3 rings (SSSR count). The first-order valence-corrected chi connectivity index (χ1v) is 7.91. The van der Waals surface area contributed by atoms with Crippen molar-refractivity contribution in [3.05, 3.63) is 57.3 Å². The molecule has 1 unspecified atom stereocenters. The summed E-state index contributed by atoms with van der Waals surface area (Å²) in [6.45, 7) is 0.623. The van der Waals surface area contributed by atoms with Gasteiger partial charge in [-0.3, -0.25) is 9.69 Å². The van der Waals surface area contributed by atoms with Crippen LogP contribution in [0.4, 0.5) is 13.2 Å². The molecule has 0 amide bonds. The minimum Gasteiger partial charge on any atom is -0.480 e. The number of nitrogens with zero attached hydrogens (tertiary/aromatic N) is 1. The average Bonchev–Trinajstić information content (AvgIpc) is 2.97. The summed E-state index contributed by atoms with van der Waals surface area (Å²) in [5, 5.41) is 11.3. The van der Waals surface area contributed by atoms with E-state index in [0.29, 0.717) is 17.7 Å². The molecule has 0 fully saturated rings. The number of fused-ring (bicyclic) bond motifs is 1. The van der Waals surface area contributed by atoms with E-state index in [0.717, 1.165) is 17.0 Å². The van der Waals surface area contributed by atoms with Crippen molar-refractivity contribution in [1.82, 2.24) is 4.90 Å². The van der Waals surface area contributed by atoms with Gasteiger partial charge in [-0.2, -0.15) is 13.2 Å². The average molecular weight is 378 g/mol. The number of aliphatic carboxylic acids is 1. The first-order valence-electron chi connectivity index (χ1n) is 7.03. The van der Waals surface area contributed by atoms with Crippen LogP contribution in [0.15, 0.2) is 35.7 Å². The Balaban J connectivity index is 0.00000208. The Labute approximate surface area is 147 Å². The molecule has 0 bridgehead atoms. The van der Waals surface area contributed by atoms with Gasteiger partial charge in [0.1, 0.15) is 6.04 Å². The zero-order valence-corrected chi connectivity index (χ0v) is 14.0. The summed E-state index contributed by atoms with van der Waals surface area (Å²) in [6.07, 6.45) is -4.18. The molecule has 24 heavy (non-hydrogen) atoms. The Morgan fingerprint density at radius 2 is 2.04 bits per heavy atom. The molecule has 2 heterocycles. The second kappa shape index (κ2) is 7.13. The number of benzene rings is 1. The summed E-state index contributed by atoms with van der Waals surface area (Å²) in [5.74, 6) is -0.952. The summed E-state index contributed by atoms with van der Waals surface area (Å²) in [6, 6.07) is 6.60. The molecule has 0 saturated carbocycles. The number of carboxylic acid groups (broad SMARTS) is 1. The molecule has 2 aromatic rings. The molecule has 1 aromatic carbocycles. The Kier molecular flexibility index (Phi) is 5.57. The fraction of sp³-hybridized carbons (Fsp3) is 0.312. The van der Waals surface area contributed by atoms with Crippen molar-refractivity contribution in [1.29, 1.82) is 0 Å². The lowest BCUT2D eigenvalue weighted by Gasteiger charge is -2.34. The fourth-order valence-electron chi connectivity index (χ4n) is 2.83. The molecule has 1 aliphatic rings. The summed E-state index contributed by atoms with van der Waals surface area (Å²) in [7, 11) is 0. The van der Waals surface area contributed by atoms with Crippen LogP contribution in [-0.4, -0.2) is 22.0 Å². The number of thiophene rings is 1. The molecule has 1 N–H and O–H groups in total. The third kappa shape index (κ3) is 3.91. The molecule has 1 aliphatic heterocycles. The highest BCUT2D eigenvalue weighted by Crippen LogP contribution is 2.33. The van der Waals surface area contributed by atoms with E-state index in [1.807, 2.05) is 17.5 Å². The Bertz CT molecular complexity index is 719. The van der Waals surface area contributed by atoms with Gasteiger partial charge in [-0.25, -0.2) is 0 Å². The zero-order chi connectivity index (χ0) is 16.6. The number of carbonyl (C=O) groups is 1. The zero-order valence-electron chi connectivity index (χ0n) is 12.4. The molecule has 1 atom stereocenters. The molecular formula is C16H15ClF3NO2S. The Hall–Kier alpha value is -1.57. The maximum atomic E-state index is 12.9. The van der Waals surface area contributed by atoms with Gasteiger partial charge in [-0.05, 0) is 41.1 Å². The Morgan fingerprint density at radius 1 is 1.29 bits per heavy atom. The SMILES string of the molecule is Cl.O=C(O)C1Cc2ccc(C(F)(F)F)cc2CN1Cc1cccs1. The van der Waals surface area contributed by atoms with E-state index in [4.69, 9.17) is 0 Å². The highest BCUT2D eigenvalue weighted by molar-refractivity contribution is 7.09. The molecule has 0 aliphatic carbocycles. The van der Waals surface area contributed by atoms with Crippen molar-refractivity contribution in [2.75, 3.05) is 0 Å². The van der Waals surface area contributed by atoms with E-state index in [9.17, 15) is 23.1 Å². The van der Waals surface area contributed by atoms with Crippen LogP contribution in [0.25, 0.3) is 0 Å². The first kappa shape index (κ1) is 18.8. The summed E-state index contributed by atoms with van der Waals surface area (Å²) in [5.41, 5.74) is 0.530. The van der Waals surface area contributed by atoms with E-state index in [1.165, 1.54) is 17.4 Å². The number of hydrogen-bond donors (Lipinski definition) is 1. The maximum absolute atomic E-state index is 12.9. The third-order valence-electron chi connectivity index (χ3n) is 3.99. The quantitative estimate of drug-likeness (QED) is 0.871. The molecule has 8 heteroatoms. The summed E-state index contributed by atoms with van der Waals surface area (Å²) in [4.78, 5) is 14.2. The minimum absolute atomic E-state index is 0. The van der Waals surface area contributed by atoms with Crippen LogP contribution in [0.1, 0.15) is 21.6 Å². The van der Waals surface area contributed by atoms with Crippen LogP contribution in [0, 0.1) is 0 Å². The van der Waals surface area contributed by atoms with Gasteiger partial charge in [0.25, 0.3) is 0 Å². The van der Waals surface area contributed by atoms with E-state index in [-0.39, 0.29) is 25.4 Å².